The molecule has 0 aliphatic heterocycles. The molecule has 0 radical (unpaired) electrons. The minimum atomic E-state index is -2.58. The highest BCUT2D eigenvalue weighted by Crippen LogP contribution is 2.27. The summed E-state index contributed by atoms with van der Waals surface area (Å²) in [5.74, 6) is -0.604. The van der Waals surface area contributed by atoms with Crippen molar-refractivity contribution in [2.75, 3.05) is 36.9 Å². The van der Waals surface area contributed by atoms with E-state index in [0.717, 1.165) is 0 Å². The van der Waals surface area contributed by atoms with E-state index >= 15 is 0 Å². The van der Waals surface area contributed by atoms with Crippen LogP contribution < -0.4 is 10.6 Å². The van der Waals surface area contributed by atoms with Gasteiger partial charge in [-0.05, 0) is 19.1 Å². The number of hydrogen-bond acceptors (Lipinski definition) is 5. The minimum Gasteiger partial charge on any atom is -0.462 e. The lowest BCUT2D eigenvalue weighted by atomic mass is 10.1. The van der Waals surface area contributed by atoms with E-state index in [-0.39, 0.29) is 36.7 Å². The third-order valence-corrected chi connectivity index (χ3v) is 2.65. The van der Waals surface area contributed by atoms with Crippen molar-refractivity contribution >= 4 is 17.3 Å². The number of ether oxygens (including phenoxy) is 1. The van der Waals surface area contributed by atoms with Gasteiger partial charge in [-0.2, -0.15) is 0 Å². The number of esters is 1. The van der Waals surface area contributed by atoms with Crippen LogP contribution in [0.3, 0.4) is 0 Å². The van der Waals surface area contributed by atoms with E-state index in [1.165, 1.54) is 23.1 Å². The molecule has 0 amide bonds. The fourth-order valence-electron chi connectivity index (χ4n) is 1.81. The number of aliphatic hydroxyl groups is 1. The first-order chi connectivity index (χ1) is 9.51. The summed E-state index contributed by atoms with van der Waals surface area (Å²) in [5, 5.41) is 8.95. The molecule has 1 aromatic rings. The molecule has 0 aromatic heterocycles. The van der Waals surface area contributed by atoms with Crippen LogP contribution >= 0.6 is 0 Å². The van der Waals surface area contributed by atoms with Crippen LogP contribution in [0, 0.1) is 0 Å². The molecule has 1 aromatic carbocycles. The van der Waals surface area contributed by atoms with Crippen molar-refractivity contribution in [3.63, 3.8) is 0 Å². The summed E-state index contributed by atoms with van der Waals surface area (Å²) in [6, 6.07) is 4.53. The topological polar surface area (TPSA) is 75.8 Å². The molecule has 0 heterocycles. The van der Waals surface area contributed by atoms with Crippen molar-refractivity contribution in [1.29, 1.82) is 0 Å². The molecule has 0 aliphatic carbocycles. The van der Waals surface area contributed by atoms with Crippen molar-refractivity contribution in [2.45, 2.75) is 13.3 Å². The zero-order valence-electron chi connectivity index (χ0n) is 11.2. The van der Waals surface area contributed by atoms with Gasteiger partial charge in [0.25, 0.3) is 6.43 Å². The first-order valence-electron chi connectivity index (χ1n) is 6.20. The third kappa shape index (κ3) is 4.06. The molecule has 0 fully saturated rings. The van der Waals surface area contributed by atoms with Crippen LogP contribution in [0.15, 0.2) is 18.2 Å². The molecule has 0 aliphatic rings. The zero-order chi connectivity index (χ0) is 15.1. The first-order valence-corrected chi connectivity index (χ1v) is 6.20. The summed E-state index contributed by atoms with van der Waals surface area (Å²) >= 11 is 0. The highest BCUT2D eigenvalue weighted by molar-refractivity contribution is 5.98. The second-order valence-electron chi connectivity index (χ2n) is 4.02. The number of anilines is 2. The summed E-state index contributed by atoms with van der Waals surface area (Å²) < 4.78 is 29.9. The van der Waals surface area contributed by atoms with Gasteiger partial charge in [-0.1, -0.05) is 6.07 Å². The van der Waals surface area contributed by atoms with E-state index in [0.29, 0.717) is 0 Å². The standard InChI is InChI=1S/C13H18F2N2O3/c1-2-20-13(19)9-4-3-5-10(12(9)16)17(6-7-18)8-11(14)15/h3-5,11,18H,2,6-8,16H2,1H3. The Balaban J connectivity index is 3.09. The second kappa shape index (κ2) is 7.64. The first kappa shape index (κ1) is 16.2. The number of halogens is 2. The third-order valence-electron chi connectivity index (χ3n) is 2.65. The van der Waals surface area contributed by atoms with Gasteiger partial charge >= 0.3 is 5.97 Å². The van der Waals surface area contributed by atoms with Gasteiger partial charge in [0.05, 0.1) is 36.7 Å². The van der Waals surface area contributed by atoms with E-state index in [9.17, 15) is 13.6 Å². The Bertz CT molecular complexity index is 455. The van der Waals surface area contributed by atoms with E-state index in [2.05, 4.69) is 0 Å². The Morgan fingerprint density at radius 1 is 1.50 bits per heavy atom. The molecule has 1 rings (SSSR count). The van der Waals surface area contributed by atoms with Crippen LogP contribution in [0.1, 0.15) is 17.3 Å². The SMILES string of the molecule is CCOC(=O)c1cccc(N(CCO)CC(F)F)c1N. The molecule has 0 unspecified atom stereocenters. The Morgan fingerprint density at radius 2 is 2.20 bits per heavy atom. The molecule has 0 atom stereocenters. The number of nitrogens with two attached hydrogens (primary N) is 1. The number of nitrogens with zero attached hydrogens (tertiary/aromatic N) is 1. The van der Waals surface area contributed by atoms with Gasteiger partial charge in [0.2, 0.25) is 0 Å². The average Bonchev–Trinajstić information content (AvgIpc) is 2.38. The van der Waals surface area contributed by atoms with Gasteiger partial charge < -0.3 is 20.5 Å². The summed E-state index contributed by atoms with van der Waals surface area (Å²) in [7, 11) is 0. The lowest BCUT2D eigenvalue weighted by Gasteiger charge is -2.25. The maximum Gasteiger partial charge on any atom is 0.340 e. The fourth-order valence-corrected chi connectivity index (χ4v) is 1.81. The number of aliphatic hydroxyl groups excluding tert-OH is 1. The van der Waals surface area contributed by atoms with Gasteiger partial charge in [0.15, 0.2) is 0 Å². The Morgan fingerprint density at radius 3 is 2.75 bits per heavy atom. The van der Waals surface area contributed by atoms with Gasteiger partial charge in [0, 0.05) is 6.54 Å². The number of hydrogen-bond donors (Lipinski definition) is 2. The van der Waals surface area contributed by atoms with E-state index in [1.807, 2.05) is 0 Å². The number of alkyl halides is 2. The average molecular weight is 288 g/mol. The predicted molar refractivity (Wildman–Crippen MR) is 72.1 cm³/mol. The molecule has 7 heteroatoms. The van der Waals surface area contributed by atoms with E-state index in [4.69, 9.17) is 15.6 Å². The van der Waals surface area contributed by atoms with Crippen LogP contribution in [-0.2, 0) is 4.74 Å². The largest absolute Gasteiger partial charge is 0.462 e. The Labute approximate surface area is 115 Å². The number of benzene rings is 1. The maximum atomic E-state index is 12.5. The minimum absolute atomic E-state index is 0.000812. The number of carbonyl (C=O) groups is 1. The Hall–Kier alpha value is -1.89. The second-order valence-corrected chi connectivity index (χ2v) is 4.02. The molecule has 0 saturated carbocycles. The molecule has 0 spiro atoms. The normalized spacial score (nSPS) is 10.7. The molecular weight excluding hydrogens is 270 g/mol. The highest BCUT2D eigenvalue weighted by atomic mass is 19.3. The molecule has 0 bridgehead atoms. The smallest absolute Gasteiger partial charge is 0.340 e. The predicted octanol–water partition coefficient (Wildman–Crippen LogP) is 1.51. The zero-order valence-corrected chi connectivity index (χ0v) is 11.2. The number of carbonyl (C=O) groups excluding carboxylic acids is 1. The summed E-state index contributed by atoms with van der Waals surface area (Å²) in [4.78, 5) is 12.9. The molecule has 20 heavy (non-hydrogen) atoms. The van der Waals surface area contributed by atoms with Crippen molar-refractivity contribution in [3.05, 3.63) is 23.8 Å². The summed E-state index contributed by atoms with van der Waals surface area (Å²) in [6.07, 6.45) is -2.58. The number of nitrogen functional groups attached to an aromatic ring is 1. The van der Waals surface area contributed by atoms with Gasteiger partial charge in [-0.15, -0.1) is 0 Å². The van der Waals surface area contributed by atoms with Crippen molar-refractivity contribution in [3.8, 4) is 0 Å². The molecule has 5 nitrogen and oxygen atoms in total. The van der Waals surface area contributed by atoms with E-state index < -0.39 is 18.9 Å². The quantitative estimate of drug-likeness (QED) is 0.587. The fraction of sp³-hybridized carbons (Fsp3) is 0.462. The van der Waals surface area contributed by atoms with Crippen LogP contribution in [0.4, 0.5) is 20.2 Å². The molecule has 112 valence electrons. The van der Waals surface area contributed by atoms with Gasteiger partial charge in [-0.3, -0.25) is 0 Å². The van der Waals surface area contributed by atoms with Crippen LogP contribution in [0.5, 0.6) is 0 Å². The maximum absolute atomic E-state index is 12.5. The van der Waals surface area contributed by atoms with Crippen LogP contribution in [-0.4, -0.2) is 43.8 Å². The number of para-hydroxylation sites is 1. The lowest BCUT2D eigenvalue weighted by molar-refractivity contribution is 0.0527. The summed E-state index contributed by atoms with van der Waals surface area (Å²) in [5.41, 5.74) is 6.33. The highest BCUT2D eigenvalue weighted by Gasteiger charge is 2.19. The van der Waals surface area contributed by atoms with Crippen LogP contribution in [0.25, 0.3) is 0 Å². The molecular formula is C13H18F2N2O3. The van der Waals surface area contributed by atoms with Crippen LogP contribution in [0.2, 0.25) is 0 Å². The van der Waals surface area contributed by atoms with Crippen molar-refractivity contribution < 1.29 is 23.4 Å². The Kier molecular flexibility index (Phi) is 6.17. The van der Waals surface area contributed by atoms with Gasteiger partial charge in [-0.25, -0.2) is 13.6 Å². The van der Waals surface area contributed by atoms with Gasteiger partial charge in [0.1, 0.15) is 0 Å². The van der Waals surface area contributed by atoms with Crippen molar-refractivity contribution in [2.24, 2.45) is 0 Å². The molecule has 0 saturated heterocycles. The van der Waals surface area contributed by atoms with Crippen molar-refractivity contribution in [1.82, 2.24) is 0 Å². The number of rotatable bonds is 7. The molecule has 3 N–H and O–H groups in total. The lowest BCUT2D eigenvalue weighted by Crippen LogP contribution is -2.32. The van der Waals surface area contributed by atoms with E-state index in [1.54, 1.807) is 6.92 Å². The monoisotopic (exact) mass is 288 g/mol. The summed E-state index contributed by atoms with van der Waals surface area (Å²) in [6.45, 7) is 0.986.